The van der Waals surface area contributed by atoms with Gasteiger partial charge in [-0.1, -0.05) is 30.3 Å². The first-order valence-electron chi connectivity index (χ1n) is 6.59. The van der Waals surface area contributed by atoms with Gasteiger partial charge in [0, 0.05) is 0 Å². The van der Waals surface area contributed by atoms with Crippen LogP contribution in [-0.2, 0) is 4.74 Å². The molecule has 4 nitrogen and oxygen atoms in total. The number of nitrogens with zero attached hydrogens (tertiary/aromatic N) is 1. The number of amides is 1. The van der Waals surface area contributed by atoms with Crippen molar-refractivity contribution in [3.8, 4) is 0 Å². The number of ether oxygens (including phenoxy) is 1. The maximum Gasteiger partial charge on any atom is 0.410 e. The second-order valence-electron chi connectivity index (χ2n) is 5.95. The summed E-state index contributed by atoms with van der Waals surface area (Å²) in [6.45, 7) is 5.85. The Labute approximate surface area is 114 Å². The van der Waals surface area contributed by atoms with Gasteiger partial charge in [0.1, 0.15) is 5.60 Å². The number of β-amino-alcohol motifs (C(OH)–C–C–N with tert-alkyl or cyclic N) is 1. The molecule has 2 atom stereocenters. The molecule has 0 aromatic heterocycles. The molecular formula is C15H21NO3. The largest absolute Gasteiger partial charge is 0.444 e. The Morgan fingerprint density at radius 2 is 1.95 bits per heavy atom. The molecule has 1 saturated heterocycles. The fourth-order valence-electron chi connectivity index (χ4n) is 2.33. The first-order valence-corrected chi connectivity index (χ1v) is 6.59. The van der Waals surface area contributed by atoms with E-state index in [4.69, 9.17) is 4.74 Å². The van der Waals surface area contributed by atoms with E-state index in [2.05, 4.69) is 0 Å². The van der Waals surface area contributed by atoms with Crippen molar-refractivity contribution in [1.29, 1.82) is 0 Å². The zero-order valence-electron chi connectivity index (χ0n) is 11.7. The maximum atomic E-state index is 12.2. The average Bonchev–Trinajstić information content (AvgIpc) is 2.70. The molecule has 1 aliphatic rings. The molecule has 1 amide bonds. The van der Waals surface area contributed by atoms with Gasteiger partial charge >= 0.3 is 6.09 Å². The van der Waals surface area contributed by atoms with Crippen molar-refractivity contribution in [3.05, 3.63) is 35.9 Å². The van der Waals surface area contributed by atoms with Gasteiger partial charge in [0.15, 0.2) is 0 Å². The molecule has 1 heterocycles. The summed E-state index contributed by atoms with van der Waals surface area (Å²) in [5.74, 6) is 0. The molecule has 0 spiro atoms. The minimum atomic E-state index is -0.522. The lowest BCUT2D eigenvalue weighted by molar-refractivity contribution is 0.0206. The van der Waals surface area contributed by atoms with Gasteiger partial charge in [-0.25, -0.2) is 4.79 Å². The second kappa shape index (κ2) is 5.21. The van der Waals surface area contributed by atoms with Crippen LogP contribution in [0.5, 0.6) is 0 Å². The predicted octanol–water partition coefficient (Wildman–Crippen LogP) is 2.73. The molecule has 1 aromatic rings. The minimum absolute atomic E-state index is 0.106. The van der Waals surface area contributed by atoms with Crippen molar-refractivity contribution in [2.75, 3.05) is 6.54 Å². The van der Waals surface area contributed by atoms with Gasteiger partial charge in [-0.3, -0.25) is 4.90 Å². The molecule has 1 N–H and O–H groups in total. The summed E-state index contributed by atoms with van der Waals surface area (Å²) in [6.07, 6.45) is -0.292. The van der Waals surface area contributed by atoms with E-state index in [9.17, 15) is 9.90 Å². The normalized spacial score (nSPS) is 23.5. The van der Waals surface area contributed by atoms with E-state index in [0.717, 1.165) is 5.56 Å². The van der Waals surface area contributed by atoms with Crippen LogP contribution in [0.2, 0.25) is 0 Å². The Kier molecular flexibility index (Phi) is 3.80. The van der Waals surface area contributed by atoms with E-state index in [1.807, 2.05) is 51.1 Å². The van der Waals surface area contributed by atoms with Crippen molar-refractivity contribution in [2.24, 2.45) is 0 Å². The topological polar surface area (TPSA) is 49.8 Å². The van der Waals surface area contributed by atoms with Crippen LogP contribution in [0.1, 0.15) is 38.8 Å². The first-order chi connectivity index (χ1) is 8.87. The summed E-state index contributed by atoms with van der Waals surface area (Å²) >= 11 is 0. The number of carbonyl (C=O) groups excluding carboxylic acids is 1. The van der Waals surface area contributed by atoms with Gasteiger partial charge in [-0.2, -0.15) is 0 Å². The number of rotatable bonds is 1. The first kappa shape index (κ1) is 13.9. The highest BCUT2D eigenvalue weighted by Crippen LogP contribution is 2.33. The molecule has 0 bridgehead atoms. The van der Waals surface area contributed by atoms with Gasteiger partial charge in [0.05, 0.1) is 18.7 Å². The fraction of sp³-hybridized carbons (Fsp3) is 0.533. The second-order valence-corrected chi connectivity index (χ2v) is 5.95. The molecule has 1 unspecified atom stereocenters. The molecular weight excluding hydrogens is 242 g/mol. The van der Waals surface area contributed by atoms with E-state index in [0.29, 0.717) is 13.0 Å². The summed E-state index contributed by atoms with van der Waals surface area (Å²) in [6, 6.07) is 9.65. The van der Waals surface area contributed by atoms with Crippen LogP contribution in [0.15, 0.2) is 30.3 Å². The van der Waals surface area contributed by atoms with Crippen LogP contribution in [-0.4, -0.2) is 34.3 Å². The van der Waals surface area contributed by atoms with Gasteiger partial charge in [0.25, 0.3) is 0 Å². The van der Waals surface area contributed by atoms with Crippen molar-refractivity contribution in [3.63, 3.8) is 0 Å². The van der Waals surface area contributed by atoms with Crippen LogP contribution in [0.4, 0.5) is 4.79 Å². The van der Waals surface area contributed by atoms with Crippen LogP contribution >= 0.6 is 0 Å². The standard InChI is InChI=1S/C15H21NO3/c1-15(2,3)19-14(18)16-10-12(17)9-13(16)11-7-5-4-6-8-11/h4-8,12-13,17H,9-10H2,1-3H3/t12-,13?/m1/s1. The molecule has 0 saturated carbocycles. The van der Waals surface area contributed by atoms with E-state index in [-0.39, 0.29) is 12.1 Å². The quantitative estimate of drug-likeness (QED) is 0.847. The Hall–Kier alpha value is -1.55. The highest BCUT2D eigenvalue weighted by Gasteiger charge is 2.37. The summed E-state index contributed by atoms with van der Waals surface area (Å²) < 4.78 is 5.40. The third-order valence-corrected chi connectivity index (χ3v) is 3.09. The lowest BCUT2D eigenvalue weighted by Gasteiger charge is -2.28. The van der Waals surface area contributed by atoms with Crippen molar-refractivity contribution >= 4 is 6.09 Å². The van der Waals surface area contributed by atoms with Gasteiger partial charge < -0.3 is 9.84 Å². The molecule has 1 aliphatic heterocycles. The Balaban J connectivity index is 2.16. The summed E-state index contributed by atoms with van der Waals surface area (Å²) in [7, 11) is 0. The smallest absolute Gasteiger partial charge is 0.410 e. The predicted molar refractivity (Wildman–Crippen MR) is 72.7 cm³/mol. The highest BCUT2D eigenvalue weighted by molar-refractivity contribution is 5.69. The fourth-order valence-corrected chi connectivity index (χ4v) is 2.33. The average molecular weight is 263 g/mol. The number of carbonyl (C=O) groups is 1. The Bertz CT molecular complexity index is 438. The summed E-state index contributed by atoms with van der Waals surface area (Å²) in [5.41, 5.74) is 0.510. The van der Waals surface area contributed by atoms with Crippen molar-refractivity contribution in [1.82, 2.24) is 4.90 Å². The maximum absolute atomic E-state index is 12.2. The monoisotopic (exact) mass is 263 g/mol. The van der Waals surface area contributed by atoms with E-state index in [1.54, 1.807) is 4.90 Å². The van der Waals surface area contributed by atoms with Crippen molar-refractivity contribution in [2.45, 2.75) is 44.9 Å². The molecule has 19 heavy (non-hydrogen) atoms. The minimum Gasteiger partial charge on any atom is -0.444 e. The highest BCUT2D eigenvalue weighted by atomic mass is 16.6. The van der Waals surface area contributed by atoms with Crippen LogP contribution in [0.25, 0.3) is 0 Å². The van der Waals surface area contributed by atoms with Crippen LogP contribution in [0.3, 0.4) is 0 Å². The van der Waals surface area contributed by atoms with Crippen LogP contribution < -0.4 is 0 Å². The lowest BCUT2D eigenvalue weighted by Crippen LogP contribution is -2.37. The molecule has 2 rings (SSSR count). The van der Waals surface area contributed by atoms with E-state index < -0.39 is 11.7 Å². The lowest BCUT2D eigenvalue weighted by atomic mass is 10.0. The molecule has 0 radical (unpaired) electrons. The van der Waals surface area contributed by atoms with E-state index in [1.165, 1.54) is 0 Å². The van der Waals surface area contributed by atoms with E-state index >= 15 is 0 Å². The molecule has 104 valence electrons. The number of benzene rings is 1. The van der Waals surface area contributed by atoms with Gasteiger partial charge in [-0.15, -0.1) is 0 Å². The Morgan fingerprint density at radius 3 is 2.53 bits per heavy atom. The number of hydrogen-bond acceptors (Lipinski definition) is 3. The number of hydrogen-bond donors (Lipinski definition) is 1. The number of aliphatic hydroxyl groups excluding tert-OH is 1. The SMILES string of the molecule is CC(C)(C)OC(=O)N1C[C@H](O)CC1c1ccccc1. The Morgan fingerprint density at radius 1 is 1.32 bits per heavy atom. The van der Waals surface area contributed by atoms with Crippen LogP contribution in [0, 0.1) is 0 Å². The third kappa shape index (κ3) is 3.47. The van der Waals surface area contributed by atoms with Gasteiger partial charge in [0.2, 0.25) is 0 Å². The zero-order chi connectivity index (χ0) is 14.0. The summed E-state index contributed by atoms with van der Waals surface area (Å²) in [4.78, 5) is 13.8. The number of likely N-dealkylation sites (tertiary alicyclic amines) is 1. The number of aliphatic hydroxyl groups is 1. The van der Waals surface area contributed by atoms with Gasteiger partial charge in [-0.05, 0) is 32.8 Å². The van der Waals surface area contributed by atoms with Crippen molar-refractivity contribution < 1.29 is 14.6 Å². The zero-order valence-corrected chi connectivity index (χ0v) is 11.7. The molecule has 0 aliphatic carbocycles. The molecule has 4 heteroatoms. The third-order valence-electron chi connectivity index (χ3n) is 3.09. The molecule has 1 aromatic carbocycles. The molecule has 1 fully saturated rings. The summed E-state index contributed by atoms with van der Waals surface area (Å²) in [5, 5.41) is 9.83.